The van der Waals surface area contributed by atoms with Crippen molar-refractivity contribution in [1.82, 2.24) is 0 Å². The Kier molecular flexibility index (Phi) is 51.8. The Morgan fingerprint density at radius 1 is 0.431 bits per heavy atom. The SMILES string of the molecule is CCCCC/C=C\C/C=C\C/C=C\CCCCCCCCC(=O)OC(COC(=O)CCCCCCCCCCCCCCCCCCC/C=C\C/C=C\CCCCCCC)COP(=O)([O-])OCC[N+](C)(C)C. The highest BCUT2D eigenvalue weighted by molar-refractivity contribution is 7.45. The molecule has 0 aromatic rings. The van der Waals surface area contributed by atoms with Gasteiger partial charge in [0.05, 0.1) is 27.7 Å². The van der Waals surface area contributed by atoms with Crippen LogP contribution in [-0.2, 0) is 32.7 Å². The molecule has 2 atom stereocenters. The number of nitrogens with zero attached hydrogens (tertiary/aromatic N) is 1. The van der Waals surface area contributed by atoms with Gasteiger partial charge in [0.1, 0.15) is 19.8 Å². The molecule has 0 fully saturated rings. The lowest BCUT2D eigenvalue weighted by molar-refractivity contribution is -0.870. The van der Waals surface area contributed by atoms with E-state index in [0.29, 0.717) is 17.4 Å². The first-order valence-electron chi connectivity index (χ1n) is 30.0. The van der Waals surface area contributed by atoms with Crippen LogP contribution in [0.1, 0.15) is 271 Å². The van der Waals surface area contributed by atoms with Gasteiger partial charge in [-0.15, -0.1) is 0 Å². The Hall–Kier alpha value is -2.29. The molecule has 0 aromatic heterocycles. The van der Waals surface area contributed by atoms with E-state index < -0.39 is 26.5 Å². The predicted octanol–water partition coefficient (Wildman–Crippen LogP) is 18.1. The van der Waals surface area contributed by atoms with Crippen LogP contribution in [0.4, 0.5) is 0 Å². The van der Waals surface area contributed by atoms with Crippen LogP contribution in [0.2, 0.25) is 0 Å². The highest BCUT2D eigenvalue weighted by Crippen LogP contribution is 2.38. The maximum atomic E-state index is 12.8. The minimum atomic E-state index is -4.64. The Balaban J connectivity index is 4.11. The van der Waals surface area contributed by atoms with Crippen molar-refractivity contribution in [2.75, 3.05) is 47.5 Å². The molecule has 0 bridgehead atoms. The fourth-order valence-electron chi connectivity index (χ4n) is 8.34. The van der Waals surface area contributed by atoms with E-state index in [-0.39, 0.29) is 32.0 Å². The zero-order valence-electron chi connectivity index (χ0n) is 47.6. The molecule has 2 unspecified atom stereocenters. The maximum absolute atomic E-state index is 12.8. The largest absolute Gasteiger partial charge is 0.756 e. The van der Waals surface area contributed by atoms with E-state index in [4.69, 9.17) is 18.5 Å². The second-order valence-corrected chi connectivity index (χ2v) is 22.8. The highest BCUT2D eigenvalue weighted by atomic mass is 31.2. The second-order valence-electron chi connectivity index (χ2n) is 21.4. The molecule has 0 aliphatic carbocycles. The summed E-state index contributed by atoms with van der Waals surface area (Å²) in [5, 5.41) is 0. The summed E-state index contributed by atoms with van der Waals surface area (Å²) in [4.78, 5) is 37.9. The van der Waals surface area contributed by atoms with Gasteiger partial charge in [0.15, 0.2) is 6.10 Å². The number of allylic oxidation sites excluding steroid dienone is 10. The van der Waals surface area contributed by atoms with Gasteiger partial charge in [0, 0.05) is 12.8 Å². The number of phosphoric ester groups is 1. The summed E-state index contributed by atoms with van der Waals surface area (Å²) >= 11 is 0. The van der Waals surface area contributed by atoms with Crippen LogP contribution in [0.15, 0.2) is 60.8 Å². The van der Waals surface area contributed by atoms with E-state index in [9.17, 15) is 19.0 Å². The van der Waals surface area contributed by atoms with E-state index in [0.717, 1.165) is 77.0 Å². The Morgan fingerprint density at radius 2 is 0.750 bits per heavy atom. The normalized spacial score (nSPS) is 13.7. The quantitative estimate of drug-likeness (QED) is 0.0195. The van der Waals surface area contributed by atoms with Gasteiger partial charge in [0.25, 0.3) is 7.82 Å². The molecule has 0 N–H and O–H groups in total. The van der Waals surface area contributed by atoms with E-state index in [1.165, 1.54) is 161 Å². The molecule has 420 valence electrons. The number of phosphoric acid groups is 1. The summed E-state index contributed by atoms with van der Waals surface area (Å²) in [6, 6.07) is 0. The third kappa shape index (κ3) is 57.0. The van der Waals surface area contributed by atoms with Crippen LogP contribution in [-0.4, -0.2) is 70.0 Å². The molecule has 0 saturated carbocycles. The van der Waals surface area contributed by atoms with Crippen molar-refractivity contribution >= 4 is 19.8 Å². The van der Waals surface area contributed by atoms with Crippen LogP contribution in [0.25, 0.3) is 0 Å². The van der Waals surface area contributed by atoms with Crippen molar-refractivity contribution < 1.29 is 42.1 Å². The molecule has 0 aromatic carbocycles. The summed E-state index contributed by atoms with van der Waals surface area (Å²) < 4.78 is 34.2. The molecule has 0 aliphatic rings. The van der Waals surface area contributed by atoms with Crippen molar-refractivity contribution in [3.63, 3.8) is 0 Å². The fourth-order valence-corrected chi connectivity index (χ4v) is 9.07. The van der Waals surface area contributed by atoms with Gasteiger partial charge in [-0.3, -0.25) is 14.2 Å². The molecule has 0 amide bonds. The van der Waals surface area contributed by atoms with Gasteiger partial charge in [-0.25, -0.2) is 0 Å². The zero-order chi connectivity index (χ0) is 52.7. The topological polar surface area (TPSA) is 111 Å². The second kappa shape index (κ2) is 53.5. The van der Waals surface area contributed by atoms with Crippen LogP contribution in [0.3, 0.4) is 0 Å². The average molecular weight is 1030 g/mol. The van der Waals surface area contributed by atoms with Crippen molar-refractivity contribution in [2.45, 2.75) is 277 Å². The lowest BCUT2D eigenvalue weighted by Gasteiger charge is -2.28. The van der Waals surface area contributed by atoms with Crippen molar-refractivity contribution in [3.05, 3.63) is 60.8 Å². The van der Waals surface area contributed by atoms with E-state index in [1.54, 1.807) is 0 Å². The Morgan fingerprint density at radius 3 is 1.14 bits per heavy atom. The summed E-state index contributed by atoms with van der Waals surface area (Å²) in [6.07, 6.45) is 68.4. The number of likely N-dealkylation sites (N-methyl/N-ethyl adjacent to an activating group) is 1. The third-order valence-electron chi connectivity index (χ3n) is 13.0. The van der Waals surface area contributed by atoms with Gasteiger partial charge in [-0.05, 0) is 83.5 Å². The number of unbranched alkanes of at least 4 members (excludes halogenated alkanes) is 31. The number of rotatable bonds is 55. The van der Waals surface area contributed by atoms with E-state index in [1.807, 2.05) is 21.1 Å². The Bertz CT molecular complexity index is 1400. The summed E-state index contributed by atoms with van der Waals surface area (Å²) in [5.41, 5.74) is 0. The number of hydrogen-bond donors (Lipinski definition) is 0. The number of hydrogen-bond acceptors (Lipinski definition) is 8. The standard InChI is InChI=1S/C62H114NO8P/c1-6-8-10-12-14-16-18-20-22-24-26-27-28-29-30-31-32-33-34-35-37-38-40-42-44-46-48-50-52-54-61(64)68-58-60(59-70-72(66,67)69-57-56-63(3,4)5)71-62(65)55-53-51-49-47-45-43-41-39-36-25-23-21-19-17-15-13-11-9-7-2/h15,17-18,20-21,23-24,26,36,39,60H,6-14,16,19,22,25,27-35,37-38,40-59H2,1-5H3/b17-15-,20-18-,23-21-,26-24-,39-36-. The van der Waals surface area contributed by atoms with Crippen LogP contribution in [0.5, 0.6) is 0 Å². The highest BCUT2D eigenvalue weighted by Gasteiger charge is 2.22. The van der Waals surface area contributed by atoms with Crippen LogP contribution < -0.4 is 4.89 Å². The number of quaternary nitrogens is 1. The van der Waals surface area contributed by atoms with Crippen LogP contribution in [0, 0.1) is 0 Å². The molecule has 9 nitrogen and oxygen atoms in total. The first kappa shape index (κ1) is 69.7. The van der Waals surface area contributed by atoms with Crippen LogP contribution >= 0.6 is 7.82 Å². The monoisotopic (exact) mass is 1030 g/mol. The molecule has 0 heterocycles. The first-order valence-corrected chi connectivity index (χ1v) is 31.5. The molecule has 0 spiro atoms. The van der Waals surface area contributed by atoms with Gasteiger partial charge in [0.2, 0.25) is 0 Å². The molecule has 0 radical (unpaired) electrons. The summed E-state index contributed by atoms with van der Waals surface area (Å²) in [7, 11) is 1.16. The van der Waals surface area contributed by atoms with Gasteiger partial charge in [-0.1, -0.05) is 235 Å². The summed E-state index contributed by atoms with van der Waals surface area (Å²) in [5.74, 6) is -0.841. The molecule has 0 aliphatic heterocycles. The third-order valence-corrected chi connectivity index (χ3v) is 14.0. The van der Waals surface area contributed by atoms with Gasteiger partial charge >= 0.3 is 11.9 Å². The lowest BCUT2D eigenvalue weighted by Crippen LogP contribution is -2.37. The molecule has 10 heteroatoms. The molecule has 0 rings (SSSR count). The van der Waals surface area contributed by atoms with Gasteiger partial charge in [-0.2, -0.15) is 0 Å². The zero-order valence-corrected chi connectivity index (χ0v) is 48.5. The smallest absolute Gasteiger partial charge is 0.306 e. The first-order chi connectivity index (χ1) is 35.0. The minimum absolute atomic E-state index is 0.0346. The number of carbonyl (C=O) groups is 2. The molecule has 0 saturated heterocycles. The van der Waals surface area contributed by atoms with Gasteiger partial charge < -0.3 is 27.9 Å². The maximum Gasteiger partial charge on any atom is 0.306 e. The number of esters is 2. The fraction of sp³-hybridized carbons (Fsp3) is 0.806. The molecular formula is C62H114NO8P. The number of carbonyl (C=O) groups excluding carboxylic acids is 2. The van der Waals surface area contributed by atoms with Crippen molar-refractivity contribution in [1.29, 1.82) is 0 Å². The van der Waals surface area contributed by atoms with E-state index >= 15 is 0 Å². The predicted molar refractivity (Wildman–Crippen MR) is 305 cm³/mol. The minimum Gasteiger partial charge on any atom is -0.756 e. The van der Waals surface area contributed by atoms with E-state index in [2.05, 4.69) is 74.6 Å². The Labute approximate surface area is 445 Å². The molecular weight excluding hydrogens is 918 g/mol. The number of ether oxygens (including phenoxy) is 2. The molecule has 72 heavy (non-hydrogen) atoms. The lowest BCUT2D eigenvalue weighted by atomic mass is 10.0. The summed E-state index contributed by atoms with van der Waals surface area (Å²) in [6.45, 7) is 4.21. The van der Waals surface area contributed by atoms with Crippen molar-refractivity contribution in [2.24, 2.45) is 0 Å². The average Bonchev–Trinajstić information content (AvgIpc) is 3.34. The van der Waals surface area contributed by atoms with Crippen molar-refractivity contribution in [3.8, 4) is 0 Å².